The number of carbonyl (C=O) groups excluding carboxylic acids is 2. The van der Waals surface area contributed by atoms with Crippen LogP contribution in [0.1, 0.15) is 17.5 Å². The Kier molecular flexibility index (Phi) is 8.14. The zero-order valence-corrected chi connectivity index (χ0v) is 22.8. The van der Waals surface area contributed by atoms with E-state index in [2.05, 4.69) is 4.90 Å². The summed E-state index contributed by atoms with van der Waals surface area (Å²) in [6.45, 7) is 1.13. The van der Waals surface area contributed by atoms with Crippen LogP contribution >= 0.6 is 0 Å². The highest BCUT2D eigenvalue weighted by Gasteiger charge is 2.51. The first-order valence-electron chi connectivity index (χ1n) is 13.1. The number of rotatable bonds is 8. The van der Waals surface area contributed by atoms with Crippen molar-refractivity contribution in [2.24, 2.45) is 0 Å². The largest absolute Gasteiger partial charge is 0.493 e. The molecule has 3 aromatic rings. The third-order valence-electron chi connectivity index (χ3n) is 7.13. The van der Waals surface area contributed by atoms with Crippen molar-refractivity contribution in [2.45, 2.75) is 31.7 Å². The summed E-state index contributed by atoms with van der Waals surface area (Å²) in [6, 6.07) is 22.0. The molecule has 40 heavy (non-hydrogen) atoms. The smallest absolute Gasteiger partial charge is 0.429 e. The zero-order valence-electron chi connectivity index (χ0n) is 22.8. The summed E-state index contributed by atoms with van der Waals surface area (Å²) in [7, 11) is 4.69. The summed E-state index contributed by atoms with van der Waals surface area (Å²) in [6.07, 6.45) is -0.596. The van der Waals surface area contributed by atoms with Crippen LogP contribution in [-0.2, 0) is 22.7 Å². The lowest BCUT2D eigenvalue weighted by Crippen LogP contribution is -2.50. The van der Waals surface area contributed by atoms with Crippen LogP contribution in [0.15, 0.2) is 72.8 Å². The molecule has 2 fully saturated rings. The van der Waals surface area contributed by atoms with Crippen molar-refractivity contribution < 1.29 is 33.3 Å². The SMILES string of the molecule is COc1cc(N2CC3CC(C2)N(C(=O)OCc2ccccc2)N3C(=O)OCc2ccccc2)cc(OC)c1OC. The molecule has 210 valence electrons. The number of carbonyl (C=O) groups is 2. The van der Waals surface area contributed by atoms with Gasteiger partial charge in [0.15, 0.2) is 11.5 Å². The molecular formula is C30H33N3O7. The van der Waals surface area contributed by atoms with E-state index in [1.54, 1.807) is 21.3 Å². The Morgan fingerprint density at radius 3 is 1.55 bits per heavy atom. The van der Waals surface area contributed by atoms with Gasteiger partial charge < -0.3 is 28.6 Å². The summed E-state index contributed by atoms with van der Waals surface area (Å²) >= 11 is 0. The lowest BCUT2D eigenvalue weighted by Gasteiger charge is -2.33. The molecule has 0 N–H and O–H groups in total. The second-order valence-corrected chi connectivity index (χ2v) is 9.60. The number of nitrogens with zero attached hydrogens (tertiary/aromatic N) is 3. The Bertz CT molecular complexity index is 1230. The second kappa shape index (κ2) is 12.1. The van der Waals surface area contributed by atoms with Crippen LogP contribution in [0.4, 0.5) is 15.3 Å². The fourth-order valence-electron chi connectivity index (χ4n) is 5.26. The van der Waals surface area contributed by atoms with Crippen molar-refractivity contribution in [1.82, 2.24) is 10.0 Å². The predicted molar refractivity (Wildman–Crippen MR) is 147 cm³/mol. The number of methoxy groups -OCH3 is 3. The molecule has 5 rings (SSSR count). The first-order chi connectivity index (χ1) is 19.5. The number of amides is 2. The average Bonchev–Trinajstić information content (AvgIpc) is 3.27. The van der Waals surface area contributed by atoms with Gasteiger partial charge in [-0.15, -0.1) is 0 Å². The van der Waals surface area contributed by atoms with Gasteiger partial charge in [-0.3, -0.25) is 0 Å². The van der Waals surface area contributed by atoms with E-state index in [1.807, 2.05) is 72.8 Å². The van der Waals surface area contributed by atoms with E-state index in [1.165, 1.54) is 10.0 Å². The van der Waals surface area contributed by atoms with Crippen LogP contribution in [0.5, 0.6) is 17.2 Å². The number of hydrazine groups is 1. The first-order valence-corrected chi connectivity index (χ1v) is 13.1. The number of hydrogen-bond acceptors (Lipinski definition) is 8. The monoisotopic (exact) mass is 547 g/mol. The molecule has 2 amide bonds. The number of fused-ring (bicyclic) bond motifs is 2. The maximum absolute atomic E-state index is 13.5. The molecule has 2 saturated heterocycles. The van der Waals surface area contributed by atoms with E-state index in [-0.39, 0.29) is 25.3 Å². The lowest BCUT2D eigenvalue weighted by atomic mass is 10.0. The fourth-order valence-corrected chi connectivity index (χ4v) is 5.26. The van der Waals surface area contributed by atoms with Crippen LogP contribution in [0, 0.1) is 0 Å². The van der Waals surface area contributed by atoms with Crippen LogP contribution < -0.4 is 19.1 Å². The van der Waals surface area contributed by atoms with Crippen molar-refractivity contribution in [2.75, 3.05) is 39.3 Å². The van der Waals surface area contributed by atoms with E-state index in [9.17, 15) is 9.59 Å². The number of piperidine rings is 1. The minimum atomic E-state index is -0.597. The van der Waals surface area contributed by atoms with E-state index in [0.717, 1.165) is 16.8 Å². The Balaban J connectivity index is 1.40. The van der Waals surface area contributed by atoms with Crippen molar-refractivity contribution in [1.29, 1.82) is 0 Å². The molecule has 2 bridgehead atoms. The third-order valence-corrected chi connectivity index (χ3v) is 7.13. The summed E-state index contributed by atoms with van der Waals surface area (Å²) in [4.78, 5) is 29.0. The molecular weight excluding hydrogens is 514 g/mol. The molecule has 0 spiro atoms. The maximum Gasteiger partial charge on any atom is 0.429 e. The van der Waals surface area contributed by atoms with E-state index >= 15 is 0 Å². The number of anilines is 1. The van der Waals surface area contributed by atoms with Crippen molar-refractivity contribution in [3.8, 4) is 17.2 Å². The molecule has 2 aliphatic rings. The molecule has 2 aliphatic heterocycles. The highest BCUT2D eigenvalue weighted by molar-refractivity contribution is 5.76. The van der Waals surface area contributed by atoms with Crippen molar-refractivity contribution in [3.05, 3.63) is 83.9 Å². The molecule has 0 aliphatic carbocycles. The molecule has 10 nitrogen and oxygen atoms in total. The standard InChI is InChI=1S/C30H33N3O7/c1-36-26-15-23(16-27(37-2)28(26)38-3)31-17-24-14-25(18-31)33(30(35)40-20-22-12-8-5-9-13-22)32(24)29(34)39-19-21-10-6-4-7-11-21/h4-13,15-16,24-25H,14,17-20H2,1-3H3. The molecule has 0 saturated carbocycles. The van der Waals surface area contributed by atoms with Gasteiger partial charge in [0.05, 0.1) is 33.4 Å². The first kappa shape index (κ1) is 27.0. The van der Waals surface area contributed by atoms with Gasteiger partial charge >= 0.3 is 12.2 Å². The summed E-state index contributed by atoms with van der Waals surface area (Å²) in [5.74, 6) is 1.53. The quantitative estimate of drug-likeness (QED) is 0.395. The van der Waals surface area contributed by atoms with Gasteiger partial charge in [0.1, 0.15) is 13.2 Å². The Hall–Kier alpha value is -4.60. The Morgan fingerprint density at radius 1 is 0.700 bits per heavy atom. The van der Waals surface area contributed by atoms with Crippen LogP contribution in [0.25, 0.3) is 0 Å². The maximum atomic E-state index is 13.5. The summed E-state index contributed by atoms with van der Waals surface area (Å²) in [5, 5.41) is 2.83. The number of benzene rings is 3. The molecule has 10 heteroatoms. The van der Waals surface area contributed by atoms with Gasteiger partial charge in [-0.05, 0) is 17.5 Å². The van der Waals surface area contributed by atoms with E-state index < -0.39 is 12.2 Å². The predicted octanol–water partition coefficient (Wildman–Crippen LogP) is 4.87. The highest BCUT2D eigenvalue weighted by atomic mass is 16.6. The molecule has 2 atom stereocenters. The Morgan fingerprint density at radius 2 is 1.15 bits per heavy atom. The van der Waals surface area contributed by atoms with Gasteiger partial charge in [-0.2, -0.15) is 0 Å². The van der Waals surface area contributed by atoms with Gasteiger partial charge in [-0.25, -0.2) is 19.6 Å². The summed E-state index contributed by atoms with van der Waals surface area (Å²) < 4.78 is 27.9. The minimum Gasteiger partial charge on any atom is -0.493 e. The molecule has 2 heterocycles. The normalized spacial score (nSPS) is 17.8. The third kappa shape index (κ3) is 5.56. The van der Waals surface area contributed by atoms with E-state index in [0.29, 0.717) is 36.8 Å². The van der Waals surface area contributed by atoms with Crippen LogP contribution in [0.3, 0.4) is 0 Å². The number of hydrogen-bond donors (Lipinski definition) is 0. The minimum absolute atomic E-state index is 0.0943. The molecule has 0 radical (unpaired) electrons. The Labute approximate surface area is 233 Å². The highest BCUT2D eigenvalue weighted by Crippen LogP contribution is 2.43. The van der Waals surface area contributed by atoms with Gasteiger partial charge in [0.25, 0.3) is 0 Å². The van der Waals surface area contributed by atoms with Crippen molar-refractivity contribution in [3.63, 3.8) is 0 Å². The summed E-state index contributed by atoms with van der Waals surface area (Å²) in [5.41, 5.74) is 2.53. The van der Waals surface area contributed by atoms with Crippen molar-refractivity contribution >= 4 is 17.9 Å². The molecule has 0 aromatic heterocycles. The topological polar surface area (TPSA) is 90.0 Å². The average molecular weight is 548 g/mol. The fraction of sp³-hybridized carbons (Fsp3) is 0.333. The van der Waals surface area contributed by atoms with Gasteiger partial charge in [-0.1, -0.05) is 60.7 Å². The second-order valence-electron chi connectivity index (χ2n) is 9.60. The van der Waals surface area contributed by atoms with Crippen LogP contribution in [0.2, 0.25) is 0 Å². The lowest BCUT2D eigenvalue weighted by molar-refractivity contribution is -0.0199. The zero-order chi connectivity index (χ0) is 28.1. The molecule has 3 aromatic carbocycles. The van der Waals surface area contributed by atoms with E-state index in [4.69, 9.17) is 23.7 Å². The van der Waals surface area contributed by atoms with Gasteiger partial charge in [0, 0.05) is 30.9 Å². The number of ether oxygens (including phenoxy) is 5. The van der Waals surface area contributed by atoms with Gasteiger partial charge in [0.2, 0.25) is 5.75 Å². The molecule has 2 unspecified atom stereocenters. The van der Waals surface area contributed by atoms with Crippen LogP contribution in [-0.4, -0.2) is 68.7 Å².